The lowest BCUT2D eigenvalue weighted by molar-refractivity contribution is -0.160. The Bertz CT molecular complexity index is 725. The van der Waals surface area contributed by atoms with Gasteiger partial charge in [-0.3, -0.25) is 14.4 Å². The number of hydrogen-bond donors (Lipinski definition) is 1. The van der Waals surface area contributed by atoms with E-state index < -0.39 is 24.5 Å². The molecule has 1 N–H and O–H groups in total. The van der Waals surface area contributed by atoms with Crippen LogP contribution in [0.5, 0.6) is 0 Å². The Hall–Kier alpha value is -2.16. The molecule has 0 radical (unpaired) electrons. The van der Waals surface area contributed by atoms with E-state index in [2.05, 4.69) is 13.8 Å². The zero-order valence-electron chi connectivity index (χ0n) is 28.8. The molecule has 0 aromatic carbocycles. The first-order valence-corrected chi connectivity index (χ1v) is 18.2. The zero-order chi connectivity index (χ0) is 33.2. The van der Waals surface area contributed by atoms with Gasteiger partial charge in [0.15, 0.2) is 6.10 Å². The van der Waals surface area contributed by atoms with Gasteiger partial charge in [0.2, 0.25) is 0 Å². The lowest BCUT2D eigenvalue weighted by Gasteiger charge is -2.11. The van der Waals surface area contributed by atoms with Crippen molar-refractivity contribution in [2.45, 2.75) is 180 Å². The quantitative estimate of drug-likeness (QED) is 0.0427. The van der Waals surface area contributed by atoms with Crippen molar-refractivity contribution >= 4 is 23.9 Å². The summed E-state index contributed by atoms with van der Waals surface area (Å²) in [5.74, 6) is -1.65. The fourth-order valence-corrected chi connectivity index (χ4v) is 4.84. The minimum atomic E-state index is -1.52. The summed E-state index contributed by atoms with van der Waals surface area (Å²) in [4.78, 5) is 47.3. The standard InChI is InChI=1S/C36H66O9/c1-3-5-7-9-13-19-25-33(38)42-27-21-15-11-17-23-29-44-35(40)31-32(37)36(41)45-30-24-18-12-16-22-28-43-34(39)26-20-14-10-8-6-4-2/h32,37H,3-31H2,1-2H3/t32-/m0/s1. The van der Waals surface area contributed by atoms with Gasteiger partial charge < -0.3 is 24.1 Å². The lowest BCUT2D eigenvalue weighted by atomic mass is 10.1. The van der Waals surface area contributed by atoms with E-state index in [1.54, 1.807) is 0 Å². The maximum absolute atomic E-state index is 11.9. The van der Waals surface area contributed by atoms with E-state index in [0.29, 0.717) is 38.9 Å². The van der Waals surface area contributed by atoms with E-state index in [1.807, 2.05) is 0 Å². The van der Waals surface area contributed by atoms with Crippen molar-refractivity contribution in [2.75, 3.05) is 26.4 Å². The van der Waals surface area contributed by atoms with Gasteiger partial charge in [0.05, 0.1) is 32.8 Å². The minimum Gasteiger partial charge on any atom is -0.466 e. The number of rotatable bonds is 33. The fraction of sp³-hybridized carbons (Fsp3) is 0.889. The average molecular weight is 643 g/mol. The second kappa shape index (κ2) is 33.2. The third kappa shape index (κ3) is 31.6. The molecule has 45 heavy (non-hydrogen) atoms. The third-order valence-electron chi connectivity index (χ3n) is 7.71. The number of esters is 4. The summed E-state index contributed by atoms with van der Waals surface area (Å²) in [6, 6.07) is 0. The molecular weight excluding hydrogens is 576 g/mol. The Kier molecular flexibility index (Phi) is 31.6. The number of carbonyl (C=O) groups is 4. The van der Waals surface area contributed by atoms with Crippen molar-refractivity contribution in [3.8, 4) is 0 Å². The average Bonchev–Trinajstić information content (AvgIpc) is 3.02. The van der Waals surface area contributed by atoms with Crippen LogP contribution in [0.2, 0.25) is 0 Å². The normalized spacial score (nSPS) is 11.6. The Balaban J connectivity index is 3.52. The third-order valence-corrected chi connectivity index (χ3v) is 7.71. The molecule has 9 nitrogen and oxygen atoms in total. The molecule has 0 aromatic rings. The first kappa shape index (κ1) is 42.8. The largest absolute Gasteiger partial charge is 0.466 e. The van der Waals surface area contributed by atoms with E-state index in [4.69, 9.17) is 18.9 Å². The molecule has 0 spiro atoms. The van der Waals surface area contributed by atoms with Gasteiger partial charge in [-0.15, -0.1) is 0 Å². The van der Waals surface area contributed by atoms with Gasteiger partial charge >= 0.3 is 23.9 Å². The first-order valence-electron chi connectivity index (χ1n) is 18.2. The number of ether oxygens (including phenoxy) is 4. The summed E-state index contributed by atoms with van der Waals surface area (Å²) in [5, 5.41) is 9.94. The number of hydrogen-bond acceptors (Lipinski definition) is 9. The first-order chi connectivity index (χ1) is 21.9. The highest BCUT2D eigenvalue weighted by atomic mass is 16.6. The maximum Gasteiger partial charge on any atom is 0.335 e. The second-order valence-electron chi connectivity index (χ2n) is 12.1. The van der Waals surface area contributed by atoms with Crippen LogP contribution in [-0.2, 0) is 38.1 Å². The van der Waals surface area contributed by atoms with Gasteiger partial charge in [-0.1, -0.05) is 117 Å². The molecule has 9 heteroatoms. The highest BCUT2D eigenvalue weighted by Gasteiger charge is 2.21. The number of unbranched alkanes of at least 4 members (excludes halogenated alkanes) is 18. The van der Waals surface area contributed by atoms with Gasteiger partial charge in [-0.2, -0.15) is 0 Å². The van der Waals surface area contributed by atoms with Crippen LogP contribution in [0.15, 0.2) is 0 Å². The van der Waals surface area contributed by atoms with Crippen molar-refractivity contribution in [1.82, 2.24) is 0 Å². The van der Waals surface area contributed by atoms with Crippen molar-refractivity contribution in [3.05, 3.63) is 0 Å². The van der Waals surface area contributed by atoms with Crippen LogP contribution in [0.1, 0.15) is 174 Å². The molecule has 0 saturated carbocycles. The van der Waals surface area contributed by atoms with Crippen molar-refractivity contribution in [3.63, 3.8) is 0 Å². The van der Waals surface area contributed by atoms with Crippen molar-refractivity contribution < 1.29 is 43.2 Å². The second-order valence-corrected chi connectivity index (χ2v) is 12.1. The van der Waals surface area contributed by atoms with Crippen LogP contribution < -0.4 is 0 Å². The molecule has 0 aliphatic carbocycles. The summed E-state index contributed by atoms with van der Waals surface area (Å²) in [7, 11) is 0. The predicted octanol–water partition coefficient (Wildman–Crippen LogP) is 8.31. The molecule has 0 rings (SSSR count). The summed E-state index contributed by atoms with van der Waals surface area (Å²) in [5.41, 5.74) is 0. The van der Waals surface area contributed by atoms with E-state index in [-0.39, 0.29) is 25.2 Å². The summed E-state index contributed by atoms with van der Waals surface area (Å²) in [6.45, 7) is 5.72. The molecule has 0 aromatic heterocycles. The van der Waals surface area contributed by atoms with Crippen LogP contribution in [0.4, 0.5) is 0 Å². The zero-order valence-corrected chi connectivity index (χ0v) is 28.8. The predicted molar refractivity (Wildman–Crippen MR) is 177 cm³/mol. The molecule has 0 unspecified atom stereocenters. The summed E-state index contributed by atoms with van der Waals surface area (Å²) < 4.78 is 20.8. The van der Waals surface area contributed by atoms with Gasteiger partial charge in [0.25, 0.3) is 0 Å². The molecule has 0 aliphatic rings. The van der Waals surface area contributed by atoms with Gasteiger partial charge in [0, 0.05) is 12.8 Å². The number of aliphatic hydroxyl groups is 1. The monoisotopic (exact) mass is 642 g/mol. The SMILES string of the molecule is CCCCCCCCC(=O)OCCCCCCCOC(=O)C[C@H](O)C(=O)OCCCCCCCOC(=O)CCCCCCCC. The van der Waals surface area contributed by atoms with Crippen LogP contribution in [-0.4, -0.2) is 61.5 Å². The van der Waals surface area contributed by atoms with Gasteiger partial charge in [0.1, 0.15) is 0 Å². The van der Waals surface area contributed by atoms with Gasteiger partial charge in [-0.25, -0.2) is 4.79 Å². The smallest absolute Gasteiger partial charge is 0.335 e. The molecule has 0 amide bonds. The maximum atomic E-state index is 11.9. The Morgan fingerprint density at radius 1 is 0.422 bits per heavy atom. The lowest BCUT2D eigenvalue weighted by Crippen LogP contribution is -2.27. The van der Waals surface area contributed by atoms with E-state index in [9.17, 15) is 24.3 Å². The Labute approximate surface area is 273 Å². The molecule has 0 heterocycles. The minimum absolute atomic E-state index is 0.107. The van der Waals surface area contributed by atoms with E-state index in [0.717, 1.165) is 77.0 Å². The number of aliphatic hydroxyl groups excluding tert-OH is 1. The molecule has 0 bridgehead atoms. The Morgan fingerprint density at radius 3 is 1.13 bits per heavy atom. The van der Waals surface area contributed by atoms with Crippen molar-refractivity contribution in [2.24, 2.45) is 0 Å². The van der Waals surface area contributed by atoms with Crippen molar-refractivity contribution in [1.29, 1.82) is 0 Å². The molecule has 0 saturated heterocycles. The summed E-state index contributed by atoms with van der Waals surface area (Å²) in [6.07, 6.45) is 21.4. The van der Waals surface area contributed by atoms with Crippen LogP contribution in [0.25, 0.3) is 0 Å². The highest BCUT2D eigenvalue weighted by molar-refractivity contribution is 5.81. The number of carbonyl (C=O) groups excluding carboxylic acids is 4. The van der Waals surface area contributed by atoms with Crippen LogP contribution >= 0.6 is 0 Å². The molecule has 0 aliphatic heterocycles. The Morgan fingerprint density at radius 2 is 0.733 bits per heavy atom. The fourth-order valence-electron chi connectivity index (χ4n) is 4.84. The molecule has 0 fully saturated rings. The van der Waals surface area contributed by atoms with E-state index in [1.165, 1.54) is 51.4 Å². The van der Waals surface area contributed by atoms with E-state index >= 15 is 0 Å². The summed E-state index contributed by atoms with van der Waals surface area (Å²) >= 11 is 0. The van der Waals surface area contributed by atoms with Crippen LogP contribution in [0.3, 0.4) is 0 Å². The topological polar surface area (TPSA) is 125 Å². The van der Waals surface area contributed by atoms with Gasteiger partial charge in [-0.05, 0) is 38.5 Å². The highest BCUT2D eigenvalue weighted by Crippen LogP contribution is 2.10. The molecular formula is C36H66O9. The molecule has 1 atom stereocenters. The molecule has 264 valence electrons. The van der Waals surface area contributed by atoms with Crippen LogP contribution in [0, 0.1) is 0 Å².